The van der Waals surface area contributed by atoms with Crippen LogP contribution in [0.1, 0.15) is 46.2 Å². The highest BCUT2D eigenvalue weighted by atomic mass is 32.1. The summed E-state index contributed by atoms with van der Waals surface area (Å²) in [5.41, 5.74) is 2.16. The first-order valence-corrected chi connectivity index (χ1v) is 12.5. The molecule has 0 saturated carbocycles. The van der Waals surface area contributed by atoms with Gasteiger partial charge in [0, 0.05) is 5.70 Å². The fraction of sp³-hybridized carbons (Fsp3) is 0.500. The van der Waals surface area contributed by atoms with E-state index in [-0.39, 0.29) is 17.0 Å². The van der Waals surface area contributed by atoms with Crippen molar-refractivity contribution >= 4 is 31.6 Å². The zero-order valence-corrected chi connectivity index (χ0v) is 19.0. The molecule has 0 saturated heterocycles. The van der Waals surface area contributed by atoms with Crippen LogP contribution in [0.15, 0.2) is 35.5 Å². The van der Waals surface area contributed by atoms with Crippen molar-refractivity contribution in [2.75, 3.05) is 6.61 Å². The first kappa shape index (κ1) is 21.4. The summed E-state index contributed by atoms with van der Waals surface area (Å²) in [6, 6.07) is 7.49. The molecule has 1 aliphatic rings. The van der Waals surface area contributed by atoms with Gasteiger partial charge in [-0.25, -0.2) is 4.79 Å². The van der Waals surface area contributed by atoms with Crippen molar-refractivity contribution in [2.45, 2.75) is 58.8 Å². The molecule has 5 nitrogen and oxygen atoms in total. The Morgan fingerprint density at radius 2 is 1.96 bits per heavy atom. The van der Waals surface area contributed by atoms with Crippen LogP contribution >= 0.6 is 12.2 Å². The minimum Gasteiger partial charge on any atom is -0.543 e. The van der Waals surface area contributed by atoms with Gasteiger partial charge in [0.05, 0.1) is 18.2 Å². The van der Waals surface area contributed by atoms with Crippen molar-refractivity contribution < 1.29 is 14.0 Å². The second-order valence-electron chi connectivity index (χ2n) is 8.23. The number of carbonyl (C=O) groups is 1. The summed E-state index contributed by atoms with van der Waals surface area (Å²) in [5, 5.41) is 6.79. The Hall–Kier alpha value is -1.86. The number of nitrogens with one attached hydrogen (secondary N) is 2. The smallest absolute Gasteiger partial charge is 0.338 e. The first-order chi connectivity index (χ1) is 12.5. The van der Waals surface area contributed by atoms with Gasteiger partial charge >= 0.3 is 5.97 Å². The molecule has 1 heterocycles. The van der Waals surface area contributed by atoms with Gasteiger partial charge in [0.2, 0.25) is 8.32 Å². The molecule has 0 unspecified atom stereocenters. The van der Waals surface area contributed by atoms with Crippen LogP contribution < -0.4 is 15.1 Å². The average molecular weight is 407 g/mol. The standard InChI is InChI=1S/C20H30N2O3SSi/c1-8-24-18(23)16-13(2)21-19(26)22-17(16)14-10-9-11-15(12-14)25-27(6,7)20(3,4)5/h9-12,17H,8H2,1-7H3,(H2,21,22,26)/t17-/m0/s1. The van der Waals surface area contributed by atoms with E-state index < -0.39 is 8.32 Å². The van der Waals surface area contributed by atoms with Gasteiger partial charge < -0.3 is 19.8 Å². The molecule has 0 amide bonds. The van der Waals surface area contributed by atoms with Crippen LogP contribution in [0.5, 0.6) is 5.75 Å². The maximum Gasteiger partial charge on any atom is 0.338 e. The maximum absolute atomic E-state index is 12.5. The van der Waals surface area contributed by atoms with E-state index in [9.17, 15) is 4.79 Å². The van der Waals surface area contributed by atoms with E-state index in [2.05, 4.69) is 44.5 Å². The van der Waals surface area contributed by atoms with Crippen LogP contribution in [0.2, 0.25) is 18.1 Å². The molecule has 0 spiro atoms. The second-order valence-corrected chi connectivity index (χ2v) is 13.4. The highest BCUT2D eigenvalue weighted by Gasteiger charge is 2.39. The predicted octanol–water partition coefficient (Wildman–Crippen LogP) is 4.43. The van der Waals surface area contributed by atoms with Crippen LogP contribution in [-0.2, 0) is 9.53 Å². The summed E-state index contributed by atoms with van der Waals surface area (Å²) in [5.74, 6) is 0.462. The molecule has 0 radical (unpaired) electrons. The number of hydrogen-bond donors (Lipinski definition) is 2. The minimum atomic E-state index is -1.96. The molecule has 0 fully saturated rings. The third-order valence-corrected chi connectivity index (χ3v) is 9.71. The van der Waals surface area contributed by atoms with Gasteiger partial charge in [-0.2, -0.15) is 0 Å². The van der Waals surface area contributed by atoms with Crippen molar-refractivity contribution in [3.63, 3.8) is 0 Å². The number of rotatable bonds is 5. The molecule has 148 valence electrons. The Bertz CT molecular complexity index is 769. The molecule has 1 atom stereocenters. The average Bonchev–Trinajstić information content (AvgIpc) is 2.53. The van der Waals surface area contributed by atoms with Gasteiger partial charge in [-0.1, -0.05) is 32.9 Å². The summed E-state index contributed by atoms with van der Waals surface area (Å²) >= 11 is 5.30. The van der Waals surface area contributed by atoms with Gasteiger partial charge in [-0.15, -0.1) is 0 Å². The zero-order chi connectivity index (χ0) is 20.4. The Balaban J connectivity index is 2.40. The summed E-state index contributed by atoms with van der Waals surface area (Å²) in [6.07, 6.45) is 0. The van der Waals surface area contributed by atoms with Crippen molar-refractivity contribution in [2.24, 2.45) is 0 Å². The fourth-order valence-corrected chi connectivity index (χ4v) is 3.92. The fourth-order valence-electron chi connectivity index (χ4n) is 2.63. The van der Waals surface area contributed by atoms with E-state index in [1.54, 1.807) is 6.92 Å². The van der Waals surface area contributed by atoms with E-state index in [0.29, 0.717) is 23.0 Å². The highest BCUT2D eigenvalue weighted by molar-refractivity contribution is 7.80. The van der Waals surface area contributed by atoms with Gasteiger partial charge in [-0.05, 0) is 61.9 Å². The molecule has 0 bridgehead atoms. The lowest BCUT2D eigenvalue weighted by molar-refractivity contribution is -0.139. The van der Waals surface area contributed by atoms with Gasteiger partial charge in [0.15, 0.2) is 5.11 Å². The molecule has 1 aromatic rings. The third kappa shape index (κ3) is 4.90. The lowest BCUT2D eigenvalue weighted by Crippen LogP contribution is -2.45. The number of allylic oxidation sites excluding steroid dienone is 1. The molecule has 2 N–H and O–H groups in total. The van der Waals surface area contributed by atoms with Crippen LogP contribution in [0.3, 0.4) is 0 Å². The number of esters is 1. The van der Waals surface area contributed by atoms with E-state index >= 15 is 0 Å². The molecule has 7 heteroatoms. The summed E-state index contributed by atoms with van der Waals surface area (Å²) in [7, 11) is -1.96. The number of benzene rings is 1. The quantitative estimate of drug-likeness (QED) is 0.429. The summed E-state index contributed by atoms with van der Waals surface area (Å²) in [4.78, 5) is 12.5. The van der Waals surface area contributed by atoms with Gasteiger partial charge in [0.1, 0.15) is 5.75 Å². The monoisotopic (exact) mass is 406 g/mol. The Labute approximate surface area is 168 Å². The second kappa shape index (κ2) is 8.02. The molecule has 2 rings (SSSR count). The molecule has 1 aromatic carbocycles. The van der Waals surface area contributed by atoms with Crippen molar-refractivity contribution in [3.05, 3.63) is 41.1 Å². The molecular weight excluding hydrogens is 376 g/mol. The third-order valence-electron chi connectivity index (χ3n) is 5.14. The molecule has 0 aliphatic carbocycles. The van der Waals surface area contributed by atoms with E-state index in [0.717, 1.165) is 11.3 Å². The minimum absolute atomic E-state index is 0.101. The normalized spacial score (nSPS) is 17.9. The van der Waals surface area contributed by atoms with Crippen LogP contribution in [0.4, 0.5) is 0 Å². The van der Waals surface area contributed by atoms with Gasteiger partial charge in [0.25, 0.3) is 0 Å². The van der Waals surface area contributed by atoms with Crippen molar-refractivity contribution in [1.82, 2.24) is 10.6 Å². The Morgan fingerprint density at radius 1 is 1.30 bits per heavy atom. The first-order valence-electron chi connectivity index (χ1n) is 9.20. The predicted molar refractivity (Wildman–Crippen MR) is 115 cm³/mol. The summed E-state index contributed by atoms with van der Waals surface area (Å²) < 4.78 is 11.7. The lowest BCUT2D eigenvalue weighted by atomic mass is 9.95. The van der Waals surface area contributed by atoms with E-state index in [1.807, 2.05) is 31.2 Å². The molecular formula is C20H30N2O3SSi. The number of hydrogen-bond acceptors (Lipinski definition) is 4. The number of thiocarbonyl (C=S) groups is 1. The van der Waals surface area contributed by atoms with E-state index in [4.69, 9.17) is 21.4 Å². The largest absolute Gasteiger partial charge is 0.543 e. The number of ether oxygens (including phenoxy) is 1. The Morgan fingerprint density at radius 3 is 2.56 bits per heavy atom. The highest BCUT2D eigenvalue weighted by Crippen LogP contribution is 2.38. The number of carbonyl (C=O) groups excluding carboxylic acids is 1. The summed E-state index contributed by atoms with van der Waals surface area (Å²) in [6.45, 7) is 15.0. The Kier molecular flexibility index (Phi) is 6.37. The maximum atomic E-state index is 12.5. The van der Waals surface area contributed by atoms with E-state index in [1.165, 1.54) is 0 Å². The molecule has 27 heavy (non-hydrogen) atoms. The van der Waals surface area contributed by atoms with Crippen LogP contribution in [0, 0.1) is 0 Å². The van der Waals surface area contributed by atoms with Crippen LogP contribution in [0.25, 0.3) is 0 Å². The topological polar surface area (TPSA) is 59.6 Å². The van der Waals surface area contributed by atoms with Crippen molar-refractivity contribution in [1.29, 1.82) is 0 Å². The molecule has 0 aromatic heterocycles. The lowest BCUT2D eigenvalue weighted by Gasteiger charge is -2.36. The zero-order valence-electron chi connectivity index (χ0n) is 17.2. The SMILES string of the molecule is CCOC(=O)C1=C(C)NC(=S)N[C@H]1c1cccc(O[Si](C)(C)C(C)(C)C)c1. The van der Waals surface area contributed by atoms with Gasteiger partial charge in [-0.3, -0.25) is 0 Å². The van der Waals surface area contributed by atoms with Crippen molar-refractivity contribution in [3.8, 4) is 5.75 Å². The van der Waals surface area contributed by atoms with Crippen LogP contribution in [-0.4, -0.2) is 26.0 Å². The molecule has 1 aliphatic heterocycles.